The molecule has 0 radical (unpaired) electrons. The molecule has 0 aromatic rings. The Morgan fingerprint density at radius 2 is 1.42 bits per heavy atom. The van der Waals surface area contributed by atoms with Gasteiger partial charge in [-0.1, -0.05) is 6.58 Å². The molecule has 0 spiro atoms. The summed E-state index contributed by atoms with van der Waals surface area (Å²) in [5.41, 5.74) is 0. The van der Waals surface area contributed by atoms with Crippen molar-refractivity contribution < 1.29 is 14.4 Å². The lowest BCUT2D eigenvalue weighted by Gasteiger charge is -2.11. The van der Waals surface area contributed by atoms with E-state index in [1.54, 1.807) is 0 Å². The molecule has 4 N–H and O–H groups in total. The first-order chi connectivity index (χ1) is 5.56. The van der Waals surface area contributed by atoms with Gasteiger partial charge in [0.15, 0.2) is 0 Å². The molecular weight excluding hydrogens is 179 g/mol. The quantitative estimate of drug-likeness (QED) is 0.422. The van der Waals surface area contributed by atoms with Crippen LogP contribution in [0.15, 0.2) is 12.4 Å². The first-order valence-corrected chi connectivity index (χ1v) is 5.34. The van der Waals surface area contributed by atoms with E-state index in [1.165, 1.54) is 0 Å². The van der Waals surface area contributed by atoms with Crippen LogP contribution in [-0.4, -0.2) is 36.0 Å². The van der Waals surface area contributed by atoms with Gasteiger partial charge in [0.1, 0.15) is 0 Å². The van der Waals surface area contributed by atoms with Crippen molar-refractivity contribution in [2.75, 3.05) is 26.2 Å². The molecule has 6 heteroatoms. The molecule has 0 bridgehead atoms. The Balaban J connectivity index is 0.000000202. The predicted octanol–water partition coefficient (Wildman–Crippen LogP) is -0.513. The lowest BCUT2D eigenvalue weighted by molar-refractivity contribution is 0.386. The minimum atomic E-state index is -3.88. The third kappa shape index (κ3) is 9.81. The molecule has 1 fully saturated rings. The second-order valence-electron chi connectivity index (χ2n) is 2.27. The van der Waals surface area contributed by atoms with Crippen LogP contribution in [-0.2, 0) is 4.57 Å². The van der Waals surface area contributed by atoms with Crippen LogP contribution in [0.25, 0.3) is 0 Å². The lowest BCUT2D eigenvalue weighted by Crippen LogP contribution is -2.39. The molecule has 1 aliphatic rings. The van der Waals surface area contributed by atoms with E-state index in [2.05, 4.69) is 17.2 Å². The molecule has 5 nitrogen and oxygen atoms in total. The third-order valence-corrected chi connectivity index (χ3v) is 1.67. The number of piperazine rings is 1. The summed E-state index contributed by atoms with van der Waals surface area (Å²) in [6.45, 7) is 7.42. The van der Waals surface area contributed by atoms with Crippen molar-refractivity contribution in [2.45, 2.75) is 0 Å². The van der Waals surface area contributed by atoms with Gasteiger partial charge in [0, 0.05) is 32.0 Å². The molecule has 1 saturated heterocycles. The van der Waals surface area contributed by atoms with Gasteiger partial charge in [-0.25, -0.2) is 0 Å². The fourth-order valence-corrected chi connectivity index (χ4v) is 0.604. The van der Waals surface area contributed by atoms with Crippen molar-refractivity contribution in [3.63, 3.8) is 0 Å². The Morgan fingerprint density at radius 1 is 1.17 bits per heavy atom. The van der Waals surface area contributed by atoms with Gasteiger partial charge in [-0.2, -0.15) is 0 Å². The molecule has 0 unspecified atom stereocenters. The van der Waals surface area contributed by atoms with E-state index < -0.39 is 7.60 Å². The number of rotatable bonds is 1. The summed E-state index contributed by atoms with van der Waals surface area (Å²) in [4.78, 5) is 15.6. The van der Waals surface area contributed by atoms with E-state index in [4.69, 9.17) is 9.79 Å². The van der Waals surface area contributed by atoms with Crippen LogP contribution >= 0.6 is 7.60 Å². The fraction of sp³-hybridized carbons (Fsp3) is 0.667. The largest absolute Gasteiger partial charge is 0.348 e. The second kappa shape index (κ2) is 6.34. The molecule has 0 aromatic heterocycles. The van der Waals surface area contributed by atoms with Crippen molar-refractivity contribution >= 4 is 7.60 Å². The van der Waals surface area contributed by atoms with E-state index in [0.717, 1.165) is 26.2 Å². The Morgan fingerprint density at radius 3 is 1.50 bits per heavy atom. The summed E-state index contributed by atoms with van der Waals surface area (Å²) >= 11 is 0. The Kier molecular flexibility index (Phi) is 6.24. The molecule has 0 saturated carbocycles. The van der Waals surface area contributed by atoms with Gasteiger partial charge >= 0.3 is 7.60 Å². The third-order valence-electron chi connectivity index (χ3n) is 1.19. The van der Waals surface area contributed by atoms with Gasteiger partial charge in [0.05, 0.1) is 0 Å². The van der Waals surface area contributed by atoms with Crippen LogP contribution in [0.2, 0.25) is 0 Å². The highest BCUT2D eigenvalue weighted by atomic mass is 31.2. The smallest absolute Gasteiger partial charge is 0.321 e. The molecule has 0 amide bonds. The van der Waals surface area contributed by atoms with E-state index in [-0.39, 0.29) is 0 Å². The van der Waals surface area contributed by atoms with Gasteiger partial charge < -0.3 is 20.4 Å². The predicted molar refractivity (Wildman–Crippen MR) is 48.0 cm³/mol. The minimum absolute atomic E-state index is 0.604. The molecule has 12 heavy (non-hydrogen) atoms. The number of nitrogens with one attached hydrogen (secondary N) is 2. The maximum absolute atomic E-state index is 9.58. The van der Waals surface area contributed by atoms with E-state index in [9.17, 15) is 4.57 Å². The first-order valence-electron chi connectivity index (χ1n) is 3.66. The summed E-state index contributed by atoms with van der Waals surface area (Å²) < 4.78 is 9.58. The fourth-order valence-electron chi connectivity index (χ4n) is 0.604. The zero-order valence-electron chi connectivity index (χ0n) is 6.86. The van der Waals surface area contributed by atoms with Gasteiger partial charge in [-0.05, 0) is 0 Å². The SMILES string of the molecule is C1CNCCN1.C=CP(=O)(O)O. The lowest BCUT2D eigenvalue weighted by atomic mass is 10.4. The molecule has 1 aliphatic heterocycles. The summed E-state index contributed by atoms with van der Waals surface area (Å²) in [7, 11) is -3.88. The van der Waals surface area contributed by atoms with Crippen molar-refractivity contribution in [3.05, 3.63) is 12.4 Å². The van der Waals surface area contributed by atoms with Crippen LogP contribution in [0.1, 0.15) is 0 Å². The van der Waals surface area contributed by atoms with Crippen LogP contribution in [0, 0.1) is 0 Å². The van der Waals surface area contributed by atoms with E-state index in [0.29, 0.717) is 5.82 Å². The zero-order valence-corrected chi connectivity index (χ0v) is 7.76. The monoisotopic (exact) mass is 194 g/mol. The first kappa shape index (κ1) is 11.8. The zero-order chi connectivity index (χ0) is 9.45. The number of hydrogen-bond acceptors (Lipinski definition) is 3. The van der Waals surface area contributed by atoms with E-state index >= 15 is 0 Å². The molecule has 1 rings (SSSR count). The molecule has 0 atom stereocenters. The van der Waals surface area contributed by atoms with Crippen molar-refractivity contribution in [3.8, 4) is 0 Å². The minimum Gasteiger partial charge on any atom is -0.321 e. The standard InChI is InChI=1S/C4H10N2.C2H5O3P/c1-2-6-4-3-5-1;1-2-6(3,4)5/h5-6H,1-4H2;2H,1H2,(H2,3,4,5). The summed E-state index contributed by atoms with van der Waals surface area (Å²) in [6.07, 6.45) is 0. The van der Waals surface area contributed by atoms with Crippen LogP contribution in [0.5, 0.6) is 0 Å². The highest BCUT2D eigenvalue weighted by Crippen LogP contribution is 2.34. The Labute approximate surface area is 72.0 Å². The summed E-state index contributed by atoms with van der Waals surface area (Å²) in [5.74, 6) is 0.604. The van der Waals surface area contributed by atoms with Crippen molar-refractivity contribution in [1.29, 1.82) is 0 Å². The summed E-state index contributed by atoms with van der Waals surface area (Å²) in [5, 5.41) is 6.44. The van der Waals surface area contributed by atoms with E-state index in [1.807, 2.05) is 0 Å². The molecule has 1 heterocycles. The van der Waals surface area contributed by atoms with Crippen LogP contribution in [0.3, 0.4) is 0 Å². The van der Waals surface area contributed by atoms with Crippen LogP contribution in [0.4, 0.5) is 0 Å². The highest BCUT2D eigenvalue weighted by molar-refractivity contribution is 7.55. The Bertz CT molecular complexity index is 153. The number of hydrogen-bond donors (Lipinski definition) is 4. The molecule has 72 valence electrons. The molecule has 0 aliphatic carbocycles. The average Bonchev–Trinajstić information content (AvgIpc) is 2.07. The maximum atomic E-state index is 9.58. The van der Waals surface area contributed by atoms with Gasteiger partial charge in [-0.15, -0.1) is 0 Å². The highest BCUT2D eigenvalue weighted by Gasteiger charge is 2.01. The van der Waals surface area contributed by atoms with Gasteiger partial charge in [0.25, 0.3) is 0 Å². The average molecular weight is 194 g/mol. The second-order valence-corrected chi connectivity index (χ2v) is 3.81. The normalized spacial score (nSPS) is 17.5. The maximum Gasteiger partial charge on any atom is 0.348 e. The Hall–Kier alpha value is -0.190. The van der Waals surface area contributed by atoms with Gasteiger partial charge in [-0.3, -0.25) is 4.57 Å². The molecule has 0 aromatic carbocycles. The molecular formula is C6H15N2O3P. The topological polar surface area (TPSA) is 81.6 Å². The van der Waals surface area contributed by atoms with Crippen molar-refractivity contribution in [2.24, 2.45) is 0 Å². The van der Waals surface area contributed by atoms with Crippen LogP contribution < -0.4 is 10.6 Å². The van der Waals surface area contributed by atoms with Gasteiger partial charge in [0.2, 0.25) is 0 Å². The van der Waals surface area contributed by atoms with Crippen molar-refractivity contribution in [1.82, 2.24) is 10.6 Å². The summed E-state index contributed by atoms with van der Waals surface area (Å²) in [6, 6.07) is 0.